The maximum absolute atomic E-state index is 14.2. The van der Waals surface area contributed by atoms with Crippen LogP contribution in [-0.2, 0) is 24.2 Å². The molecule has 9 heteroatoms. The van der Waals surface area contributed by atoms with Gasteiger partial charge in [0.25, 0.3) is 0 Å². The topological polar surface area (TPSA) is 86.3 Å². The molecule has 0 bridgehead atoms. The maximum atomic E-state index is 14.2. The van der Waals surface area contributed by atoms with Crippen LogP contribution >= 0.6 is 0 Å². The second-order valence-electron chi connectivity index (χ2n) is 17.4. The quantitative estimate of drug-likeness (QED) is 0.148. The Morgan fingerprint density at radius 1 is 0.769 bits per heavy atom. The van der Waals surface area contributed by atoms with Crippen molar-refractivity contribution in [3.63, 3.8) is 0 Å². The Morgan fingerprint density at radius 3 is 1.63 bits per heavy atom. The molecule has 1 N–H and O–H groups in total. The summed E-state index contributed by atoms with van der Waals surface area (Å²) >= 11 is 0. The molecule has 3 atom stereocenters. The van der Waals surface area contributed by atoms with Crippen LogP contribution in [-0.4, -0.2) is 62.8 Å². The number of hydrogen-bond acceptors (Lipinski definition) is 6. The summed E-state index contributed by atoms with van der Waals surface area (Å²) in [6, 6.07) is 30.9. The number of carbonyl (C=O) groups is 2. The zero-order valence-electron chi connectivity index (χ0n) is 33.3. The summed E-state index contributed by atoms with van der Waals surface area (Å²) in [5, 5.41) is 3.06. The molecule has 1 aliphatic rings. The minimum atomic E-state index is -1.79. The maximum Gasteiger partial charge on any atom is 0.412 e. The highest BCUT2D eigenvalue weighted by Gasteiger charge is 2.57. The van der Waals surface area contributed by atoms with E-state index in [-0.39, 0.29) is 23.8 Å². The predicted molar refractivity (Wildman–Crippen MR) is 211 cm³/mol. The molecule has 0 spiro atoms. The highest BCUT2D eigenvalue weighted by molar-refractivity contribution is 6.48. The molecule has 1 heterocycles. The molecule has 1 fully saturated rings. The van der Waals surface area contributed by atoms with Gasteiger partial charge in [0, 0.05) is 25.6 Å². The minimum Gasteiger partial charge on any atom is -0.444 e. The zero-order valence-corrected chi connectivity index (χ0v) is 34.5. The van der Waals surface area contributed by atoms with Crippen LogP contribution < -0.4 is 5.32 Å². The lowest BCUT2D eigenvalue weighted by Gasteiger charge is -2.46. The largest absolute Gasteiger partial charge is 0.444 e. The lowest BCUT2D eigenvalue weighted by atomic mass is 9.76. The third-order valence-electron chi connectivity index (χ3n) is 9.53. The summed E-state index contributed by atoms with van der Waals surface area (Å²) in [7, 11) is -1.79. The van der Waals surface area contributed by atoms with Gasteiger partial charge in [-0.2, -0.15) is 0 Å². The van der Waals surface area contributed by atoms with Gasteiger partial charge in [0.05, 0.1) is 0 Å². The van der Waals surface area contributed by atoms with E-state index in [1.165, 1.54) is 0 Å². The van der Waals surface area contributed by atoms with Gasteiger partial charge in [-0.15, -0.1) is 0 Å². The van der Waals surface area contributed by atoms with Crippen molar-refractivity contribution in [3.05, 3.63) is 108 Å². The summed E-state index contributed by atoms with van der Waals surface area (Å²) in [5.74, 6) is -0.246. The molecule has 3 aromatic carbocycles. The number of nitrogens with one attached hydrogen (secondary N) is 1. The Balaban J connectivity index is 1.83. The van der Waals surface area contributed by atoms with Gasteiger partial charge in [0.2, 0.25) is 0 Å². The van der Waals surface area contributed by atoms with Crippen molar-refractivity contribution in [1.29, 1.82) is 0 Å². The summed E-state index contributed by atoms with van der Waals surface area (Å²) in [6.07, 6.45) is 0.144. The van der Waals surface area contributed by atoms with E-state index in [9.17, 15) is 9.59 Å². The molecule has 0 aromatic heterocycles. The van der Waals surface area contributed by atoms with E-state index in [0.717, 1.165) is 16.7 Å². The fraction of sp³-hybridized carbons (Fsp3) is 0.535. The first-order chi connectivity index (χ1) is 24.3. The fourth-order valence-electron chi connectivity index (χ4n) is 7.16. The van der Waals surface area contributed by atoms with Gasteiger partial charge in [0.1, 0.15) is 22.5 Å². The molecule has 52 heavy (non-hydrogen) atoms. The van der Waals surface area contributed by atoms with Crippen LogP contribution in [0.2, 0.25) is 13.1 Å². The van der Waals surface area contributed by atoms with Crippen molar-refractivity contribution in [2.75, 3.05) is 19.7 Å². The molecule has 1 saturated heterocycles. The molecule has 0 aliphatic carbocycles. The number of carbonyl (C=O) groups excluding carboxylic acids is 2. The van der Waals surface area contributed by atoms with Crippen molar-refractivity contribution in [1.82, 2.24) is 10.2 Å². The second kappa shape index (κ2) is 16.6. The van der Waals surface area contributed by atoms with E-state index in [2.05, 4.69) is 75.6 Å². The number of benzene rings is 3. The average Bonchev–Trinajstić information content (AvgIpc) is 3.45. The van der Waals surface area contributed by atoms with Gasteiger partial charge >= 0.3 is 12.2 Å². The first-order valence-electron chi connectivity index (χ1n) is 18.7. The van der Waals surface area contributed by atoms with Crippen LogP contribution in [0.3, 0.4) is 0 Å². The highest BCUT2D eigenvalue weighted by atomic mass is 28.3. The Hall–Kier alpha value is -3.66. The molecule has 0 radical (unpaired) electrons. The van der Waals surface area contributed by atoms with E-state index in [1.54, 1.807) is 0 Å². The summed E-state index contributed by atoms with van der Waals surface area (Å²) < 4.78 is 26.2. The van der Waals surface area contributed by atoms with Gasteiger partial charge in [-0.25, -0.2) is 9.59 Å². The van der Waals surface area contributed by atoms with Gasteiger partial charge in [-0.05, 0) is 95.5 Å². The van der Waals surface area contributed by atoms with Crippen molar-refractivity contribution < 1.29 is 28.2 Å². The van der Waals surface area contributed by atoms with E-state index >= 15 is 0 Å². The first kappa shape index (κ1) is 41.1. The van der Waals surface area contributed by atoms with E-state index < -0.39 is 43.8 Å². The number of rotatable bonds is 12. The molecule has 284 valence electrons. The third kappa shape index (κ3) is 10.3. The van der Waals surface area contributed by atoms with Crippen LogP contribution in [0.1, 0.15) is 91.8 Å². The molecule has 4 rings (SSSR count). The van der Waals surface area contributed by atoms with Crippen molar-refractivity contribution in [3.8, 4) is 0 Å². The minimum absolute atomic E-state index is 0.118. The van der Waals surface area contributed by atoms with Gasteiger partial charge in [-0.3, -0.25) is 4.90 Å². The lowest BCUT2D eigenvalue weighted by Crippen LogP contribution is -2.59. The summed E-state index contributed by atoms with van der Waals surface area (Å²) in [6.45, 7) is 23.0. The normalized spacial score (nSPS) is 19.0. The molecular formula is C43H62N2O6Si. The predicted octanol–water partition coefficient (Wildman–Crippen LogP) is 9.53. The van der Waals surface area contributed by atoms with Crippen molar-refractivity contribution >= 4 is 21.2 Å². The molecule has 1 aliphatic heterocycles. The SMILES string of the molecule is C[SiH](C)O[C@]1(C(CCOC(c2ccccc2)(c2ccccc2)c2ccccc2)CNC(=O)OC(C)(C)C)C[C@@H](C(C)(C)C)CN1C(=O)OC(C)(C)C. The fourth-order valence-corrected chi connectivity index (χ4v) is 8.39. The van der Waals surface area contributed by atoms with Crippen molar-refractivity contribution in [2.45, 2.75) is 111 Å². The van der Waals surface area contributed by atoms with Crippen molar-refractivity contribution in [2.24, 2.45) is 17.3 Å². The standard InChI is InChI=1S/C43H62N2O6Si/c1-39(2,3)36-29-42(51-52(10)11,45(31-36)38(47)50-41(7,8)9)35(30-44-37(46)49-40(4,5)6)27-28-48-43(32-21-15-12-16-22-32,33-23-17-13-18-24-33)34-25-19-14-20-26-34/h12-26,35-36,52H,27-31H2,1-11H3,(H,44,46)/t35?,36-,42+/m1/s1. The molecule has 1 unspecified atom stereocenters. The molecular weight excluding hydrogens is 669 g/mol. The lowest BCUT2D eigenvalue weighted by molar-refractivity contribution is -0.114. The number of likely N-dealkylation sites (tertiary alicyclic amines) is 1. The molecule has 8 nitrogen and oxygen atoms in total. The average molecular weight is 731 g/mol. The number of alkyl carbamates (subject to hydrolysis) is 1. The Kier molecular flexibility index (Phi) is 13.1. The van der Waals surface area contributed by atoms with Crippen LogP contribution in [0, 0.1) is 17.3 Å². The number of hydrogen-bond donors (Lipinski definition) is 1. The van der Waals surface area contributed by atoms with Crippen LogP contribution in [0.5, 0.6) is 0 Å². The molecule has 0 saturated carbocycles. The molecule has 2 amide bonds. The van der Waals surface area contributed by atoms with Crippen LogP contribution in [0.4, 0.5) is 9.59 Å². The molecule has 3 aromatic rings. The first-order valence-corrected chi connectivity index (χ1v) is 21.5. The number of amides is 2. The summed E-state index contributed by atoms with van der Waals surface area (Å²) in [5.41, 5.74) is -0.467. The van der Waals surface area contributed by atoms with E-state index in [0.29, 0.717) is 26.0 Å². The van der Waals surface area contributed by atoms with E-state index in [4.69, 9.17) is 18.6 Å². The Bertz CT molecular complexity index is 1480. The van der Waals surface area contributed by atoms with Gasteiger partial charge in [-0.1, -0.05) is 112 Å². The summed E-state index contributed by atoms with van der Waals surface area (Å²) in [4.78, 5) is 29.3. The van der Waals surface area contributed by atoms with Crippen LogP contribution in [0.25, 0.3) is 0 Å². The Morgan fingerprint density at radius 2 is 1.23 bits per heavy atom. The Labute approximate surface area is 314 Å². The van der Waals surface area contributed by atoms with Gasteiger partial charge in [0.15, 0.2) is 9.04 Å². The third-order valence-corrected chi connectivity index (χ3v) is 10.4. The highest BCUT2D eigenvalue weighted by Crippen LogP contribution is 2.49. The number of ether oxygens (including phenoxy) is 3. The van der Waals surface area contributed by atoms with Gasteiger partial charge < -0.3 is 24.0 Å². The smallest absolute Gasteiger partial charge is 0.412 e. The number of nitrogens with zero attached hydrogens (tertiary/aromatic N) is 1. The van der Waals surface area contributed by atoms with Crippen LogP contribution in [0.15, 0.2) is 91.0 Å². The zero-order chi connectivity index (χ0) is 38.4. The second-order valence-corrected chi connectivity index (χ2v) is 19.7. The van der Waals surface area contributed by atoms with E-state index in [1.807, 2.05) is 101 Å². The monoisotopic (exact) mass is 730 g/mol.